The van der Waals surface area contributed by atoms with Crippen LogP contribution in [0, 0.1) is 11.8 Å². The Bertz CT molecular complexity index is 878. The van der Waals surface area contributed by atoms with Crippen molar-refractivity contribution in [2.45, 2.75) is 12.8 Å². The van der Waals surface area contributed by atoms with Gasteiger partial charge in [0.1, 0.15) is 0 Å². The van der Waals surface area contributed by atoms with E-state index in [1.165, 1.54) is 11.3 Å². The lowest BCUT2D eigenvalue weighted by Crippen LogP contribution is -2.36. The largest absolute Gasteiger partial charge is 0.493 e. The number of ether oxygens (including phenoxy) is 4. The molecule has 0 spiro atoms. The Morgan fingerprint density at radius 1 is 0.967 bits per heavy atom. The van der Waals surface area contributed by atoms with Gasteiger partial charge in [-0.05, 0) is 48.2 Å². The maximum atomic E-state index is 12.5. The smallest absolute Gasteiger partial charge is 0.309 e. The minimum Gasteiger partial charge on any atom is -0.493 e. The van der Waals surface area contributed by atoms with E-state index in [9.17, 15) is 4.79 Å². The van der Waals surface area contributed by atoms with E-state index in [0.717, 1.165) is 38.3 Å². The monoisotopic (exact) mass is 411 g/mol. The summed E-state index contributed by atoms with van der Waals surface area (Å²) in [4.78, 5) is 14.8. The number of benzene rings is 2. The predicted octanol–water partition coefficient (Wildman–Crippen LogP) is 3.11. The number of morpholine rings is 1. The van der Waals surface area contributed by atoms with Crippen molar-refractivity contribution >= 4 is 11.7 Å². The number of esters is 1. The van der Waals surface area contributed by atoms with Crippen LogP contribution in [0.1, 0.15) is 11.1 Å². The van der Waals surface area contributed by atoms with Crippen LogP contribution in [0.4, 0.5) is 5.69 Å². The molecule has 2 aliphatic rings. The molecule has 0 saturated carbocycles. The highest BCUT2D eigenvalue weighted by Crippen LogP contribution is 2.33. The second-order valence-electron chi connectivity index (χ2n) is 7.86. The molecule has 0 aromatic heterocycles. The van der Waals surface area contributed by atoms with Crippen molar-refractivity contribution in [1.82, 2.24) is 0 Å². The molecule has 4 rings (SSSR count). The van der Waals surface area contributed by atoms with Crippen LogP contribution in [0.5, 0.6) is 11.5 Å². The molecular weight excluding hydrogens is 382 g/mol. The minimum atomic E-state index is -0.141. The second-order valence-corrected chi connectivity index (χ2v) is 7.86. The van der Waals surface area contributed by atoms with Crippen molar-refractivity contribution in [3.63, 3.8) is 0 Å². The van der Waals surface area contributed by atoms with E-state index in [1.54, 1.807) is 14.2 Å². The van der Waals surface area contributed by atoms with Gasteiger partial charge in [-0.15, -0.1) is 0 Å². The quantitative estimate of drug-likeness (QED) is 0.653. The molecule has 160 valence electrons. The number of cyclic esters (lactones) is 1. The lowest BCUT2D eigenvalue weighted by atomic mass is 9.85. The Morgan fingerprint density at radius 2 is 1.73 bits per heavy atom. The first kappa shape index (κ1) is 20.5. The van der Waals surface area contributed by atoms with Crippen molar-refractivity contribution in [1.29, 1.82) is 0 Å². The zero-order chi connectivity index (χ0) is 20.9. The van der Waals surface area contributed by atoms with Crippen LogP contribution in [-0.2, 0) is 27.1 Å². The van der Waals surface area contributed by atoms with Gasteiger partial charge in [-0.25, -0.2) is 0 Å². The fourth-order valence-electron chi connectivity index (χ4n) is 4.32. The predicted molar refractivity (Wildman–Crippen MR) is 114 cm³/mol. The van der Waals surface area contributed by atoms with Crippen LogP contribution in [0.2, 0.25) is 0 Å². The Labute approximate surface area is 177 Å². The van der Waals surface area contributed by atoms with Crippen LogP contribution in [-0.4, -0.2) is 53.1 Å². The highest BCUT2D eigenvalue weighted by molar-refractivity contribution is 5.75. The van der Waals surface area contributed by atoms with Gasteiger partial charge >= 0.3 is 5.97 Å². The molecule has 0 aliphatic carbocycles. The first-order valence-electron chi connectivity index (χ1n) is 10.5. The lowest BCUT2D eigenvalue weighted by Gasteiger charge is -2.29. The first-order valence-corrected chi connectivity index (χ1v) is 10.5. The first-order chi connectivity index (χ1) is 14.7. The van der Waals surface area contributed by atoms with E-state index in [1.807, 2.05) is 18.2 Å². The summed E-state index contributed by atoms with van der Waals surface area (Å²) < 4.78 is 21.6. The van der Waals surface area contributed by atoms with Gasteiger partial charge in [0.15, 0.2) is 11.5 Å². The molecule has 2 fully saturated rings. The van der Waals surface area contributed by atoms with Gasteiger partial charge < -0.3 is 23.8 Å². The van der Waals surface area contributed by atoms with Crippen molar-refractivity contribution in [2.24, 2.45) is 11.8 Å². The highest BCUT2D eigenvalue weighted by Gasteiger charge is 2.37. The molecule has 2 unspecified atom stereocenters. The molecule has 2 aromatic carbocycles. The van der Waals surface area contributed by atoms with Gasteiger partial charge in [-0.2, -0.15) is 0 Å². The summed E-state index contributed by atoms with van der Waals surface area (Å²) in [6.07, 6.45) is 1.45. The summed E-state index contributed by atoms with van der Waals surface area (Å²) in [5.41, 5.74) is 3.47. The van der Waals surface area contributed by atoms with E-state index in [2.05, 4.69) is 29.2 Å². The normalized spacial score (nSPS) is 21.4. The van der Waals surface area contributed by atoms with Gasteiger partial charge in [0.2, 0.25) is 0 Å². The van der Waals surface area contributed by atoms with Crippen molar-refractivity contribution in [3.05, 3.63) is 53.6 Å². The maximum Gasteiger partial charge on any atom is 0.309 e. The molecule has 2 heterocycles. The summed E-state index contributed by atoms with van der Waals surface area (Å²) >= 11 is 0. The van der Waals surface area contributed by atoms with Gasteiger partial charge in [0, 0.05) is 24.7 Å². The number of hydrogen-bond donors (Lipinski definition) is 0. The number of methoxy groups -OCH3 is 2. The molecular formula is C24H29NO5. The average molecular weight is 411 g/mol. The maximum absolute atomic E-state index is 12.5. The third-order valence-electron chi connectivity index (χ3n) is 6.00. The van der Waals surface area contributed by atoms with Crippen molar-refractivity contribution in [3.8, 4) is 11.5 Å². The van der Waals surface area contributed by atoms with E-state index >= 15 is 0 Å². The van der Waals surface area contributed by atoms with Crippen LogP contribution >= 0.6 is 0 Å². The van der Waals surface area contributed by atoms with E-state index in [-0.39, 0.29) is 17.8 Å². The zero-order valence-electron chi connectivity index (χ0n) is 17.6. The van der Waals surface area contributed by atoms with Gasteiger partial charge in [-0.3, -0.25) is 4.79 Å². The number of carbonyl (C=O) groups is 1. The summed E-state index contributed by atoms with van der Waals surface area (Å²) in [7, 11) is 3.26. The fourth-order valence-corrected chi connectivity index (χ4v) is 4.32. The summed E-state index contributed by atoms with van der Waals surface area (Å²) in [5.74, 6) is 1.31. The number of carbonyl (C=O) groups excluding carboxylic acids is 1. The molecule has 0 bridgehead atoms. The number of rotatable bonds is 7. The van der Waals surface area contributed by atoms with Gasteiger partial charge in [-0.1, -0.05) is 18.2 Å². The molecule has 2 saturated heterocycles. The molecule has 0 amide bonds. The third kappa shape index (κ3) is 4.54. The van der Waals surface area contributed by atoms with Crippen molar-refractivity contribution < 1.29 is 23.7 Å². The molecule has 2 aromatic rings. The van der Waals surface area contributed by atoms with E-state index < -0.39 is 0 Å². The number of hydrogen-bond acceptors (Lipinski definition) is 6. The van der Waals surface area contributed by atoms with Crippen LogP contribution in [0.3, 0.4) is 0 Å². The molecule has 6 nitrogen and oxygen atoms in total. The molecule has 6 heteroatoms. The van der Waals surface area contributed by atoms with Crippen LogP contribution < -0.4 is 14.4 Å². The van der Waals surface area contributed by atoms with Crippen LogP contribution in [0.15, 0.2) is 42.5 Å². The third-order valence-corrected chi connectivity index (χ3v) is 6.00. The molecule has 30 heavy (non-hydrogen) atoms. The fraction of sp³-hybridized carbons (Fsp3) is 0.458. The minimum absolute atomic E-state index is 0.0998. The summed E-state index contributed by atoms with van der Waals surface area (Å²) in [6, 6.07) is 14.4. The van der Waals surface area contributed by atoms with Gasteiger partial charge in [0.25, 0.3) is 0 Å². The van der Waals surface area contributed by atoms with Crippen LogP contribution in [0.25, 0.3) is 0 Å². The standard InChI is InChI=1S/C24H29NO5/c1-27-22-7-6-18(15-23(22)28-2)12-19-16-30-24(26)21(19)14-17-4-3-5-20(13-17)25-8-10-29-11-9-25/h3-7,13,15,19,21H,8-12,14,16H2,1-2H3. The number of nitrogens with zero attached hydrogens (tertiary/aromatic N) is 1. The van der Waals surface area contributed by atoms with E-state index in [0.29, 0.717) is 24.5 Å². The SMILES string of the molecule is COc1ccc(CC2COC(=O)C2Cc2cccc(N3CCOCC3)c2)cc1OC. The Morgan fingerprint density at radius 3 is 2.50 bits per heavy atom. The van der Waals surface area contributed by atoms with Crippen molar-refractivity contribution in [2.75, 3.05) is 52.0 Å². The van der Waals surface area contributed by atoms with Gasteiger partial charge in [0.05, 0.1) is 40.0 Å². The Hall–Kier alpha value is -2.73. The Kier molecular flexibility index (Phi) is 6.43. The second kappa shape index (κ2) is 9.39. The molecule has 2 atom stereocenters. The number of anilines is 1. The molecule has 0 radical (unpaired) electrons. The summed E-state index contributed by atoms with van der Waals surface area (Å²) in [6.45, 7) is 3.77. The topological polar surface area (TPSA) is 57.2 Å². The van der Waals surface area contributed by atoms with E-state index in [4.69, 9.17) is 18.9 Å². The Balaban J connectivity index is 1.47. The summed E-state index contributed by atoms with van der Waals surface area (Å²) in [5, 5.41) is 0. The highest BCUT2D eigenvalue weighted by atomic mass is 16.5. The zero-order valence-corrected chi connectivity index (χ0v) is 17.6. The molecule has 0 N–H and O–H groups in total. The average Bonchev–Trinajstić information content (AvgIpc) is 3.13. The molecule has 2 aliphatic heterocycles. The lowest BCUT2D eigenvalue weighted by molar-refractivity contribution is -0.141.